The number of fused-ring (bicyclic) bond motifs is 1. The number of amides is 1. The second-order valence-electron chi connectivity index (χ2n) is 6.00. The third-order valence-corrected chi connectivity index (χ3v) is 5.16. The number of nitrogens with zero attached hydrogens (tertiary/aromatic N) is 1. The van der Waals surface area contributed by atoms with Crippen molar-refractivity contribution >= 4 is 29.1 Å². The molecule has 2 heterocycles. The fourth-order valence-electron chi connectivity index (χ4n) is 3.29. The predicted molar refractivity (Wildman–Crippen MR) is 87.6 cm³/mol. The molecule has 0 saturated carbocycles. The first kappa shape index (κ1) is 15.9. The van der Waals surface area contributed by atoms with E-state index in [1.54, 1.807) is 18.2 Å². The highest BCUT2D eigenvalue weighted by Gasteiger charge is 2.31. The van der Waals surface area contributed by atoms with Crippen LogP contribution in [0.25, 0.3) is 0 Å². The normalized spacial score (nSPS) is 24.7. The molecule has 2 aliphatic rings. The van der Waals surface area contributed by atoms with Crippen molar-refractivity contribution < 1.29 is 9.53 Å². The summed E-state index contributed by atoms with van der Waals surface area (Å²) in [5, 5.41) is 4.45. The molecular weight excluding hydrogens is 323 g/mol. The number of halogens is 2. The standard InChI is InChI=1S/C16H20Cl2N2O2/c17-13-1-2-14(18)15(7-13)22-10-16(21)20-5-3-11-8-19-9-12(11)4-6-20/h1-2,7,11-12,19H,3-6,8-10H2/t11-,12+. The molecule has 2 saturated heterocycles. The molecule has 0 spiro atoms. The lowest BCUT2D eigenvalue weighted by Gasteiger charge is -2.21. The summed E-state index contributed by atoms with van der Waals surface area (Å²) in [6.07, 6.45) is 2.14. The van der Waals surface area contributed by atoms with Crippen LogP contribution in [0.3, 0.4) is 0 Å². The van der Waals surface area contributed by atoms with Gasteiger partial charge in [0.05, 0.1) is 5.02 Å². The first-order valence-electron chi connectivity index (χ1n) is 7.70. The van der Waals surface area contributed by atoms with Crippen LogP contribution in [-0.4, -0.2) is 43.6 Å². The molecule has 120 valence electrons. The maximum Gasteiger partial charge on any atom is 0.260 e. The predicted octanol–water partition coefficient (Wildman–Crippen LogP) is 2.83. The smallest absolute Gasteiger partial charge is 0.260 e. The first-order chi connectivity index (χ1) is 10.6. The van der Waals surface area contributed by atoms with E-state index in [1.165, 1.54) is 0 Å². The van der Waals surface area contributed by atoms with Gasteiger partial charge in [0.1, 0.15) is 5.75 Å². The van der Waals surface area contributed by atoms with Crippen LogP contribution in [0.2, 0.25) is 10.0 Å². The minimum absolute atomic E-state index is 0.00758. The molecule has 3 rings (SSSR count). The van der Waals surface area contributed by atoms with E-state index in [0.717, 1.165) is 39.0 Å². The van der Waals surface area contributed by atoms with E-state index in [-0.39, 0.29) is 12.5 Å². The van der Waals surface area contributed by atoms with Gasteiger partial charge in [-0.05, 0) is 49.9 Å². The Labute approximate surface area is 140 Å². The Morgan fingerprint density at radius 1 is 1.23 bits per heavy atom. The topological polar surface area (TPSA) is 41.6 Å². The Hall–Kier alpha value is -0.970. The molecule has 0 radical (unpaired) electrons. The van der Waals surface area contributed by atoms with E-state index in [1.807, 2.05) is 4.90 Å². The molecule has 2 fully saturated rings. The summed E-state index contributed by atoms with van der Waals surface area (Å²) in [5.74, 6) is 1.89. The van der Waals surface area contributed by atoms with Crippen molar-refractivity contribution in [2.75, 3.05) is 32.8 Å². The molecule has 0 aromatic heterocycles. The quantitative estimate of drug-likeness (QED) is 0.918. The summed E-state index contributed by atoms with van der Waals surface area (Å²) >= 11 is 12.0. The molecule has 1 N–H and O–H groups in total. The van der Waals surface area contributed by atoms with E-state index in [9.17, 15) is 4.79 Å². The van der Waals surface area contributed by atoms with Crippen molar-refractivity contribution in [3.8, 4) is 5.75 Å². The van der Waals surface area contributed by atoms with Crippen LogP contribution in [0.15, 0.2) is 18.2 Å². The Morgan fingerprint density at radius 3 is 2.59 bits per heavy atom. The van der Waals surface area contributed by atoms with E-state index in [0.29, 0.717) is 27.6 Å². The van der Waals surface area contributed by atoms with Gasteiger partial charge < -0.3 is 15.0 Å². The number of ether oxygens (including phenoxy) is 1. The molecule has 1 amide bonds. The van der Waals surface area contributed by atoms with Gasteiger partial charge in [-0.1, -0.05) is 23.2 Å². The highest BCUT2D eigenvalue weighted by Crippen LogP contribution is 2.29. The van der Waals surface area contributed by atoms with Crippen molar-refractivity contribution in [3.63, 3.8) is 0 Å². The summed E-state index contributed by atoms with van der Waals surface area (Å²) in [6.45, 7) is 3.80. The molecule has 1 aromatic carbocycles. The fraction of sp³-hybridized carbons (Fsp3) is 0.562. The molecule has 4 nitrogen and oxygen atoms in total. The second kappa shape index (κ2) is 7.07. The van der Waals surface area contributed by atoms with Crippen LogP contribution in [-0.2, 0) is 4.79 Å². The number of carbonyl (C=O) groups excluding carboxylic acids is 1. The average molecular weight is 343 g/mol. The lowest BCUT2D eigenvalue weighted by molar-refractivity contribution is -0.133. The number of hydrogen-bond acceptors (Lipinski definition) is 3. The van der Waals surface area contributed by atoms with Gasteiger partial charge in [-0.25, -0.2) is 0 Å². The van der Waals surface area contributed by atoms with Crippen LogP contribution >= 0.6 is 23.2 Å². The molecule has 0 aliphatic carbocycles. The molecule has 1 aromatic rings. The summed E-state index contributed by atoms with van der Waals surface area (Å²) < 4.78 is 5.55. The summed E-state index contributed by atoms with van der Waals surface area (Å²) in [6, 6.07) is 5.00. The minimum Gasteiger partial charge on any atom is -0.482 e. The van der Waals surface area contributed by atoms with Gasteiger partial charge in [0.2, 0.25) is 0 Å². The van der Waals surface area contributed by atoms with Crippen molar-refractivity contribution in [1.29, 1.82) is 0 Å². The largest absolute Gasteiger partial charge is 0.482 e. The molecule has 6 heteroatoms. The minimum atomic E-state index is 0.00758. The number of nitrogens with one attached hydrogen (secondary N) is 1. The molecule has 0 bridgehead atoms. The zero-order valence-corrected chi connectivity index (χ0v) is 13.9. The Bertz CT molecular complexity index is 539. The van der Waals surface area contributed by atoms with E-state index in [4.69, 9.17) is 27.9 Å². The van der Waals surface area contributed by atoms with Crippen LogP contribution in [0.5, 0.6) is 5.75 Å². The Morgan fingerprint density at radius 2 is 1.91 bits per heavy atom. The fourth-order valence-corrected chi connectivity index (χ4v) is 3.62. The molecular formula is C16H20Cl2N2O2. The molecule has 0 unspecified atom stereocenters. The summed E-state index contributed by atoms with van der Waals surface area (Å²) in [7, 11) is 0. The lowest BCUT2D eigenvalue weighted by Crippen LogP contribution is -2.36. The van der Waals surface area contributed by atoms with Crippen LogP contribution < -0.4 is 10.1 Å². The van der Waals surface area contributed by atoms with E-state index in [2.05, 4.69) is 5.32 Å². The van der Waals surface area contributed by atoms with Crippen LogP contribution in [0, 0.1) is 11.8 Å². The second-order valence-corrected chi connectivity index (χ2v) is 6.84. The van der Waals surface area contributed by atoms with E-state index >= 15 is 0 Å². The number of likely N-dealkylation sites (tertiary alicyclic amines) is 1. The van der Waals surface area contributed by atoms with Gasteiger partial charge in [0.25, 0.3) is 5.91 Å². The number of benzene rings is 1. The van der Waals surface area contributed by atoms with Gasteiger partial charge in [0, 0.05) is 24.2 Å². The Kier molecular flexibility index (Phi) is 5.11. The van der Waals surface area contributed by atoms with Crippen molar-refractivity contribution in [3.05, 3.63) is 28.2 Å². The Balaban J connectivity index is 1.54. The first-order valence-corrected chi connectivity index (χ1v) is 8.45. The highest BCUT2D eigenvalue weighted by atomic mass is 35.5. The van der Waals surface area contributed by atoms with Gasteiger partial charge in [-0.2, -0.15) is 0 Å². The van der Waals surface area contributed by atoms with Gasteiger partial charge in [-0.15, -0.1) is 0 Å². The zero-order valence-electron chi connectivity index (χ0n) is 12.4. The number of hydrogen-bond donors (Lipinski definition) is 1. The third kappa shape index (κ3) is 3.67. The van der Waals surface area contributed by atoms with Crippen LogP contribution in [0.1, 0.15) is 12.8 Å². The monoisotopic (exact) mass is 342 g/mol. The lowest BCUT2D eigenvalue weighted by atomic mass is 9.92. The highest BCUT2D eigenvalue weighted by molar-refractivity contribution is 6.34. The summed E-state index contributed by atoms with van der Waals surface area (Å²) in [4.78, 5) is 14.3. The summed E-state index contributed by atoms with van der Waals surface area (Å²) in [5.41, 5.74) is 0. The number of rotatable bonds is 3. The van der Waals surface area contributed by atoms with Gasteiger partial charge in [-0.3, -0.25) is 4.79 Å². The molecule has 2 aliphatic heterocycles. The van der Waals surface area contributed by atoms with Crippen molar-refractivity contribution in [2.24, 2.45) is 11.8 Å². The third-order valence-electron chi connectivity index (χ3n) is 4.62. The van der Waals surface area contributed by atoms with Gasteiger partial charge >= 0.3 is 0 Å². The molecule has 22 heavy (non-hydrogen) atoms. The van der Waals surface area contributed by atoms with Crippen LogP contribution in [0.4, 0.5) is 0 Å². The maximum absolute atomic E-state index is 12.3. The zero-order chi connectivity index (χ0) is 15.5. The van der Waals surface area contributed by atoms with Crippen molar-refractivity contribution in [1.82, 2.24) is 10.2 Å². The van der Waals surface area contributed by atoms with Crippen molar-refractivity contribution in [2.45, 2.75) is 12.8 Å². The molecule has 2 atom stereocenters. The number of carbonyl (C=O) groups is 1. The SMILES string of the molecule is O=C(COc1cc(Cl)ccc1Cl)N1CC[C@@H]2CNC[C@@H]2CC1. The van der Waals surface area contributed by atoms with E-state index < -0.39 is 0 Å². The average Bonchev–Trinajstić information content (AvgIpc) is 2.86. The van der Waals surface area contributed by atoms with Gasteiger partial charge in [0.15, 0.2) is 6.61 Å². The maximum atomic E-state index is 12.3.